The molecule has 6 rings (SSSR count). The Kier molecular flexibility index (Phi) is 20.2. The van der Waals surface area contributed by atoms with E-state index in [1.165, 1.54) is 22.9 Å². The average Bonchev–Trinajstić information content (AvgIpc) is 4.03. The minimum atomic E-state index is -1.25. The van der Waals surface area contributed by atoms with Gasteiger partial charge in [0.05, 0.1) is 36.3 Å². The first kappa shape index (κ1) is 57.1. The Labute approximate surface area is 442 Å². The maximum atomic E-state index is 13.7. The van der Waals surface area contributed by atoms with Gasteiger partial charge in [-0.25, -0.2) is 14.8 Å². The summed E-state index contributed by atoms with van der Waals surface area (Å²) in [6, 6.07) is 9.07. The van der Waals surface area contributed by atoms with Crippen LogP contribution in [0.15, 0.2) is 48.7 Å². The van der Waals surface area contributed by atoms with E-state index < -0.39 is 35.8 Å². The summed E-state index contributed by atoms with van der Waals surface area (Å²) >= 11 is 1.37. The smallest absolute Gasteiger partial charge is 0.326 e. The van der Waals surface area contributed by atoms with E-state index in [4.69, 9.17) is 17.9 Å². The standard InChI is InChI=1S/C52H62N14O9S/c1-6-21-65(28-33-27-55-47-44(57-33)45(53)59-52(54)60-47)34-18-16-32(17-19-34)48(71)58-39(51(74)75)13-9-10-14-40(68)36-20-15-31(23-38(36)46-61-63-64-62-46)24-41(69)30(4)56-49(72)37(29(2)3)25-35(67)12-8-7-11-22-66-43(70)26-42(76-5)50(66)73/h1,15-20,23,27,29-30,37,39,42H,7-14,21-22,24-26,28H2,2-5H3,(H,56,72)(H,58,71)(H,74,75)(H,61,62,63,64)(H4,53,54,55,59,60)/t30-,37-,39-,42?/m0/s1. The number of imide groups is 1. The lowest BCUT2D eigenvalue weighted by Crippen LogP contribution is -2.44. The molecule has 1 saturated heterocycles. The number of rotatable bonds is 29. The fraction of sp³-hybridized carbons (Fsp3) is 0.442. The van der Waals surface area contributed by atoms with Crippen molar-refractivity contribution in [1.29, 1.82) is 0 Å². The zero-order valence-corrected chi connectivity index (χ0v) is 43.6. The third kappa shape index (κ3) is 15.2. The zero-order chi connectivity index (χ0) is 55.1. The quantitative estimate of drug-likeness (QED) is 0.0171. The summed E-state index contributed by atoms with van der Waals surface area (Å²) in [4.78, 5) is 124. The van der Waals surface area contributed by atoms with Crippen LogP contribution in [0, 0.1) is 24.2 Å². The molecular weight excluding hydrogens is 997 g/mol. The van der Waals surface area contributed by atoms with E-state index in [0.717, 1.165) is 0 Å². The van der Waals surface area contributed by atoms with Crippen LogP contribution in [0.4, 0.5) is 17.5 Å². The highest BCUT2D eigenvalue weighted by atomic mass is 32.2. The third-order valence-corrected chi connectivity index (χ3v) is 13.9. The van der Waals surface area contributed by atoms with Crippen LogP contribution in [0.25, 0.3) is 22.6 Å². The minimum Gasteiger partial charge on any atom is -0.480 e. The monoisotopic (exact) mass is 1060 g/mol. The number of anilines is 3. The number of carboxylic acids is 1. The second kappa shape index (κ2) is 26.8. The van der Waals surface area contributed by atoms with Crippen molar-refractivity contribution < 1.29 is 43.5 Å². The Morgan fingerprint density at radius 2 is 1.71 bits per heavy atom. The highest BCUT2D eigenvalue weighted by molar-refractivity contribution is 8.00. The molecule has 1 unspecified atom stereocenters. The van der Waals surface area contributed by atoms with E-state index in [1.54, 1.807) is 55.6 Å². The molecule has 4 heterocycles. The van der Waals surface area contributed by atoms with Crippen molar-refractivity contribution in [2.24, 2.45) is 11.8 Å². The predicted octanol–water partition coefficient (Wildman–Crippen LogP) is 3.93. The zero-order valence-electron chi connectivity index (χ0n) is 42.8. The summed E-state index contributed by atoms with van der Waals surface area (Å²) in [6.07, 6.45) is 11.7. The highest BCUT2D eigenvalue weighted by Gasteiger charge is 2.37. The van der Waals surface area contributed by atoms with Crippen molar-refractivity contribution in [2.45, 2.75) is 115 Å². The van der Waals surface area contributed by atoms with Gasteiger partial charge >= 0.3 is 5.97 Å². The maximum Gasteiger partial charge on any atom is 0.326 e. The molecule has 0 aliphatic carbocycles. The largest absolute Gasteiger partial charge is 0.480 e. The Hall–Kier alpha value is -8.20. The van der Waals surface area contributed by atoms with Crippen molar-refractivity contribution in [3.05, 3.63) is 71.0 Å². The van der Waals surface area contributed by atoms with Crippen LogP contribution in [-0.4, -0.2) is 134 Å². The number of aromatic nitrogens is 8. The molecule has 1 aliphatic rings. The van der Waals surface area contributed by atoms with Crippen molar-refractivity contribution in [1.82, 2.24) is 56.1 Å². The number of hydrogen-bond acceptors (Lipinski definition) is 19. The number of amides is 4. The molecular formula is C52H62N14O9S. The van der Waals surface area contributed by atoms with Crippen LogP contribution in [-0.2, 0) is 41.7 Å². The number of ketones is 3. The first-order valence-electron chi connectivity index (χ1n) is 24.9. The number of aliphatic carboxylic acids is 1. The SMILES string of the molecule is C#CCN(Cc1cnc2nc(N)nc(N)c2n1)c1ccc(C(=O)N[C@@H](CCCCC(=O)c2ccc(CC(=O)[C@H](C)NC(=O)[C@@H](CC(=O)CCCCCN3C(=O)CC(SC)C3=O)C(C)C)cc2-c2nn[nH]n2)C(=O)O)cc1. The number of tetrazole rings is 1. The Balaban J connectivity index is 0.970. The molecule has 1 fully saturated rings. The molecule has 400 valence electrons. The molecule has 3 aromatic heterocycles. The molecule has 4 atom stereocenters. The van der Waals surface area contributed by atoms with Crippen molar-refractivity contribution in [3.63, 3.8) is 0 Å². The predicted molar refractivity (Wildman–Crippen MR) is 283 cm³/mol. The van der Waals surface area contributed by atoms with Gasteiger partial charge in [0.15, 0.2) is 28.5 Å². The van der Waals surface area contributed by atoms with Gasteiger partial charge in [-0.2, -0.15) is 26.9 Å². The van der Waals surface area contributed by atoms with Gasteiger partial charge in [-0.1, -0.05) is 44.7 Å². The van der Waals surface area contributed by atoms with Gasteiger partial charge in [-0.05, 0) is 85.9 Å². The fourth-order valence-corrected chi connectivity index (χ4v) is 9.31. The average molecular weight is 1060 g/mol. The molecule has 0 bridgehead atoms. The first-order chi connectivity index (χ1) is 36.4. The van der Waals surface area contributed by atoms with E-state index in [2.05, 4.69) is 57.1 Å². The Morgan fingerprint density at radius 3 is 2.38 bits per heavy atom. The van der Waals surface area contributed by atoms with Gasteiger partial charge in [-0.15, -0.1) is 16.6 Å². The van der Waals surface area contributed by atoms with Gasteiger partial charge in [-0.3, -0.25) is 38.5 Å². The van der Waals surface area contributed by atoms with Crippen molar-refractivity contribution in [3.8, 4) is 23.7 Å². The number of Topliss-reactive ketones (excluding diaryl/α,β-unsaturated/α-hetero) is 3. The number of aromatic amines is 1. The number of carbonyl (C=O) groups excluding carboxylic acids is 7. The van der Waals surface area contributed by atoms with Gasteiger partial charge in [0.2, 0.25) is 29.5 Å². The van der Waals surface area contributed by atoms with Crippen LogP contribution in [0.3, 0.4) is 0 Å². The molecule has 23 nitrogen and oxygen atoms in total. The molecule has 24 heteroatoms. The molecule has 4 amide bonds. The number of nitrogens with zero attached hydrogens (tertiary/aromatic N) is 9. The summed E-state index contributed by atoms with van der Waals surface area (Å²) in [5.41, 5.74) is 14.7. The number of terminal acetylenes is 1. The molecule has 0 spiro atoms. The molecule has 5 aromatic rings. The minimum absolute atomic E-state index is 0.00584. The van der Waals surface area contributed by atoms with Gasteiger partial charge < -0.3 is 32.1 Å². The summed E-state index contributed by atoms with van der Waals surface area (Å²) < 4.78 is 0. The molecule has 8 N–H and O–H groups in total. The second-order valence-corrected chi connectivity index (χ2v) is 19.9. The van der Waals surface area contributed by atoms with Gasteiger partial charge in [0.25, 0.3) is 5.91 Å². The van der Waals surface area contributed by atoms with Crippen LogP contribution in [0.2, 0.25) is 0 Å². The topological polar surface area (TPSA) is 345 Å². The third-order valence-electron chi connectivity index (χ3n) is 13.0. The summed E-state index contributed by atoms with van der Waals surface area (Å²) in [5.74, 6) is -1.39. The molecule has 2 aromatic carbocycles. The number of H-pyrrole nitrogens is 1. The number of thioether (sulfide) groups is 1. The molecule has 76 heavy (non-hydrogen) atoms. The highest BCUT2D eigenvalue weighted by Crippen LogP contribution is 2.27. The van der Waals surface area contributed by atoms with Crippen LogP contribution < -0.4 is 27.0 Å². The number of nitrogens with one attached hydrogen (secondary N) is 3. The van der Waals surface area contributed by atoms with E-state index >= 15 is 0 Å². The number of nitrogen functional groups attached to an aromatic ring is 2. The van der Waals surface area contributed by atoms with Gasteiger partial charge in [0.1, 0.15) is 11.8 Å². The molecule has 0 radical (unpaired) electrons. The van der Waals surface area contributed by atoms with E-state index in [-0.39, 0.29) is 145 Å². The van der Waals surface area contributed by atoms with Crippen molar-refractivity contribution >= 4 is 87.3 Å². The summed E-state index contributed by atoms with van der Waals surface area (Å²) in [5, 5.41) is 29.1. The van der Waals surface area contributed by atoms with Crippen LogP contribution >= 0.6 is 11.8 Å². The first-order valence-corrected chi connectivity index (χ1v) is 26.1. The van der Waals surface area contributed by atoms with Crippen molar-refractivity contribution in [2.75, 3.05) is 35.7 Å². The molecule has 0 saturated carbocycles. The fourth-order valence-electron chi connectivity index (χ4n) is 8.67. The lowest BCUT2D eigenvalue weighted by Gasteiger charge is -2.22. The lowest BCUT2D eigenvalue weighted by atomic mass is 9.88. The summed E-state index contributed by atoms with van der Waals surface area (Å²) in [7, 11) is 0. The normalized spacial score (nSPS) is 14.5. The second-order valence-electron chi connectivity index (χ2n) is 18.8. The number of nitrogens with two attached hydrogens (primary N) is 2. The number of carboxylic acid groups (broad SMARTS) is 1. The van der Waals surface area contributed by atoms with E-state index in [0.29, 0.717) is 48.3 Å². The van der Waals surface area contributed by atoms with E-state index in [1.807, 2.05) is 18.7 Å². The lowest BCUT2D eigenvalue weighted by molar-refractivity contribution is -0.140. The van der Waals surface area contributed by atoms with Gasteiger partial charge in [0, 0.05) is 66.9 Å². The van der Waals surface area contributed by atoms with E-state index in [9.17, 15) is 43.5 Å². The number of fused-ring (bicyclic) bond motifs is 1. The maximum absolute atomic E-state index is 13.7. The number of benzene rings is 2. The Morgan fingerprint density at radius 1 is 0.961 bits per heavy atom. The number of carbonyl (C=O) groups is 8. The van der Waals surface area contributed by atoms with Crippen LogP contribution in [0.1, 0.15) is 117 Å². The van der Waals surface area contributed by atoms with Crippen LogP contribution in [0.5, 0.6) is 0 Å². The molecule has 1 aliphatic heterocycles. The number of hydrogen-bond donors (Lipinski definition) is 6. The Bertz CT molecular complexity index is 2980. The number of likely N-dealkylation sites (tertiary alicyclic amines) is 1. The summed E-state index contributed by atoms with van der Waals surface area (Å²) in [6.45, 7) is 5.98. The number of unbranched alkanes of at least 4 members (excludes halogenated alkanes) is 3.